The lowest BCUT2D eigenvalue weighted by molar-refractivity contribution is -0.145. The van der Waals surface area contributed by atoms with E-state index in [1.54, 1.807) is 15.9 Å². The number of rotatable bonds is 4. The number of amides is 1. The van der Waals surface area contributed by atoms with Crippen molar-refractivity contribution < 1.29 is 14.7 Å². The lowest BCUT2D eigenvalue weighted by atomic mass is 9.98. The van der Waals surface area contributed by atoms with Crippen molar-refractivity contribution in [1.29, 1.82) is 0 Å². The average Bonchev–Trinajstić information content (AvgIpc) is 2.89. The predicted octanol–water partition coefficient (Wildman–Crippen LogP) is -0.00860. The van der Waals surface area contributed by atoms with Crippen LogP contribution in [0.2, 0.25) is 0 Å². The molecule has 2 rings (SSSR count). The Morgan fingerprint density at radius 3 is 2.94 bits per heavy atom. The maximum absolute atomic E-state index is 11.9. The molecule has 0 saturated carbocycles. The molecule has 1 aliphatic heterocycles. The van der Waals surface area contributed by atoms with E-state index in [-0.39, 0.29) is 5.91 Å². The molecule has 1 saturated heterocycles. The summed E-state index contributed by atoms with van der Waals surface area (Å²) in [6.07, 6.45) is 4.72. The van der Waals surface area contributed by atoms with Crippen molar-refractivity contribution >= 4 is 11.9 Å². The fourth-order valence-electron chi connectivity index (χ4n) is 2.12. The zero-order valence-electron chi connectivity index (χ0n) is 10.0. The average molecular weight is 252 g/mol. The van der Waals surface area contributed by atoms with Gasteiger partial charge in [-0.3, -0.25) is 14.3 Å². The Kier molecular flexibility index (Phi) is 3.91. The van der Waals surface area contributed by atoms with Gasteiger partial charge < -0.3 is 10.0 Å². The molecule has 0 unspecified atom stereocenters. The molecule has 18 heavy (non-hydrogen) atoms. The second kappa shape index (κ2) is 5.61. The Bertz CT molecular complexity index is 418. The van der Waals surface area contributed by atoms with Crippen molar-refractivity contribution in [3.05, 3.63) is 12.7 Å². The van der Waals surface area contributed by atoms with E-state index in [2.05, 4.69) is 10.1 Å². The van der Waals surface area contributed by atoms with Gasteiger partial charge in [0, 0.05) is 19.5 Å². The highest BCUT2D eigenvalue weighted by atomic mass is 16.4. The van der Waals surface area contributed by atoms with E-state index in [4.69, 9.17) is 5.11 Å². The van der Waals surface area contributed by atoms with Crippen LogP contribution in [0.5, 0.6) is 0 Å². The number of piperidine rings is 1. The minimum absolute atomic E-state index is 0.0172. The molecule has 1 aliphatic rings. The molecular weight excluding hydrogens is 236 g/mol. The highest BCUT2D eigenvalue weighted by molar-refractivity contribution is 5.77. The molecule has 1 aromatic heterocycles. The zero-order chi connectivity index (χ0) is 13.0. The van der Waals surface area contributed by atoms with Gasteiger partial charge in [0.1, 0.15) is 12.7 Å². The van der Waals surface area contributed by atoms with Gasteiger partial charge in [-0.1, -0.05) is 0 Å². The van der Waals surface area contributed by atoms with Crippen molar-refractivity contribution in [2.75, 3.05) is 13.1 Å². The van der Waals surface area contributed by atoms with E-state index < -0.39 is 11.9 Å². The molecule has 0 spiro atoms. The van der Waals surface area contributed by atoms with Crippen LogP contribution in [0.25, 0.3) is 0 Å². The fourth-order valence-corrected chi connectivity index (χ4v) is 2.12. The van der Waals surface area contributed by atoms with Crippen LogP contribution in [-0.4, -0.2) is 49.7 Å². The summed E-state index contributed by atoms with van der Waals surface area (Å²) in [6, 6.07) is 0. The number of carboxylic acids is 1. The molecule has 1 aromatic rings. The van der Waals surface area contributed by atoms with Crippen molar-refractivity contribution in [3.63, 3.8) is 0 Å². The van der Waals surface area contributed by atoms with Crippen molar-refractivity contribution in [1.82, 2.24) is 19.7 Å². The van der Waals surface area contributed by atoms with Crippen LogP contribution < -0.4 is 0 Å². The molecule has 1 N–H and O–H groups in total. The summed E-state index contributed by atoms with van der Waals surface area (Å²) in [5, 5.41) is 12.9. The van der Waals surface area contributed by atoms with Crippen LogP contribution in [0.3, 0.4) is 0 Å². The SMILES string of the molecule is O=C(O)[C@H]1CCCN(C(=O)CCn2cncn2)C1. The number of aliphatic carboxylic acids is 1. The molecule has 1 amide bonds. The lowest BCUT2D eigenvalue weighted by Gasteiger charge is -2.30. The molecule has 0 bridgehead atoms. The second-order valence-corrected chi connectivity index (χ2v) is 4.43. The normalized spacial score (nSPS) is 19.8. The van der Waals surface area contributed by atoms with Gasteiger partial charge in [0.2, 0.25) is 5.91 Å². The first-order chi connectivity index (χ1) is 8.66. The van der Waals surface area contributed by atoms with Gasteiger partial charge in [-0.15, -0.1) is 0 Å². The van der Waals surface area contributed by atoms with Gasteiger partial charge in [0.05, 0.1) is 12.5 Å². The monoisotopic (exact) mass is 252 g/mol. The predicted molar refractivity (Wildman–Crippen MR) is 61.6 cm³/mol. The van der Waals surface area contributed by atoms with Crippen molar-refractivity contribution in [2.24, 2.45) is 5.92 Å². The number of aryl methyl sites for hydroxylation is 1. The quantitative estimate of drug-likeness (QED) is 0.814. The minimum atomic E-state index is -0.816. The third kappa shape index (κ3) is 3.06. The van der Waals surface area contributed by atoms with Crippen LogP contribution in [0, 0.1) is 5.92 Å². The van der Waals surface area contributed by atoms with Gasteiger partial charge in [-0.2, -0.15) is 5.10 Å². The summed E-state index contributed by atoms with van der Waals surface area (Å²) in [6.45, 7) is 1.46. The Hall–Kier alpha value is -1.92. The fraction of sp³-hybridized carbons (Fsp3) is 0.636. The smallest absolute Gasteiger partial charge is 0.308 e. The molecule has 0 aromatic carbocycles. The van der Waals surface area contributed by atoms with E-state index in [1.807, 2.05) is 0 Å². The van der Waals surface area contributed by atoms with Gasteiger partial charge in [0.25, 0.3) is 0 Å². The van der Waals surface area contributed by atoms with Crippen LogP contribution in [0.1, 0.15) is 19.3 Å². The number of carboxylic acid groups (broad SMARTS) is 1. The molecule has 0 aliphatic carbocycles. The highest BCUT2D eigenvalue weighted by Gasteiger charge is 2.27. The van der Waals surface area contributed by atoms with Gasteiger partial charge in [-0.05, 0) is 12.8 Å². The van der Waals surface area contributed by atoms with Crippen molar-refractivity contribution in [3.8, 4) is 0 Å². The van der Waals surface area contributed by atoms with Crippen LogP contribution in [-0.2, 0) is 16.1 Å². The van der Waals surface area contributed by atoms with E-state index >= 15 is 0 Å². The second-order valence-electron chi connectivity index (χ2n) is 4.43. The van der Waals surface area contributed by atoms with Crippen molar-refractivity contribution in [2.45, 2.75) is 25.8 Å². The molecule has 7 heteroatoms. The topological polar surface area (TPSA) is 88.3 Å². The summed E-state index contributed by atoms with van der Waals surface area (Å²) < 4.78 is 1.59. The third-order valence-electron chi connectivity index (χ3n) is 3.14. The number of carbonyl (C=O) groups is 2. The molecular formula is C11H16N4O3. The zero-order valence-corrected chi connectivity index (χ0v) is 10.0. The first-order valence-electron chi connectivity index (χ1n) is 6.00. The standard InChI is InChI=1S/C11H16N4O3/c16-10(3-5-15-8-12-7-13-15)14-4-1-2-9(6-14)11(17)18/h7-9H,1-6H2,(H,17,18)/t9-/m0/s1. The Balaban J connectivity index is 1.83. The van der Waals surface area contributed by atoms with E-state index in [1.165, 1.54) is 6.33 Å². The van der Waals surface area contributed by atoms with E-state index in [0.29, 0.717) is 32.5 Å². The Morgan fingerprint density at radius 2 is 2.28 bits per heavy atom. The summed E-state index contributed by atoms with van der Waals surface area (Å²) in [5.41, 5.74) is 0. The largest absolute Gasteiger partial charge is 0.481 e. The Labute approximate surface area is 104 Å². The van der Waals surface area contributed by atoms with Crippen LogP contribution >= 0.6 is 0 Å². The number of likely N-dealkylation sites (tertiary alicyclic amines) is 1. The van der Waals surface area contributed by atoms with E-state index in [0.717, 1.165) is 6.42 Å². The maximum Gasteiger partial charge on any atom is 0.308 e. The molecule has 1 atom stereocenters. The summed E-state index contributed by atoms with van der Waals surface area (Å²) in [5.74, 6) is -1.26. The van der Waals surface area contributed by atoms with Gasteiger partial charge >= 0.3 is 5.97 Å². The highest BCUT2D eigenvalue weighted by Crippen LogP contribution is 2.17. The van der Waals surface area contributed by atoms with Crippen LogP contribution in [0.4, 0.5) is 0 Å². The van der Waals surface area contributed by atoms with Gasteiger partial charge in [-0.25, -0.2) is 4.98 Å². The Morgan fingerprint density at radius 1 is 1.44 bits per heavy atom. The summed E-state index contributed by atoms with van der Waals surface area (Å²) in [4.78, 5) is 28.3. The first-order valence-corrected chi connectivity index (χ1v) is 6.00. The number of nitrogens with zero attached hydrogens (tertiary/aromatic N) is 4. The number of hydrogen-bond acceptors (Lipinski definition) is 4. The number of aromatic nitrogens is 3. The maximum atomic E-state index is 11.9. The molecule has 1 fully saturated rings. The third-order valence-corrected chi connectivity index (χ3v) is 3.14. The number of hydrogen-bond donors (Lipinski definition) is 1. The number of carbonyl (C=O) groups excluding carboxylic acids is 1. The summed E-state index contributed by atoms with van der Waals surface area (Å²) >= 11 is 0. The minimum Gasteiger partial charge on any atom is -0.481 e. The first kappa shape index (κ1) is 12.5. The summed E-state index contributed by atoms with van der Waals surface area (Å²) in [7, 11) is 0. The van der Waals surface area contributed by atoms with Gasteiger partial charge in [0.15, 0.2) is 0 Å². The van der Waals surface area contributed by atoms with Crippen LogP contribution in [0.15, 0.2) is 12.7 Å². The molecule has 0 radical (unpaired) electrons. The molecule has 7 nitrogen and oxygen atoms in total. The molecule has 2 heterocycles. The van der Waals surface area contributed by atoms with E-state index in [9.17, 15) is 9.59 Å². The lowest BCUT2D eigenvalue weighted by Crippen LogP contribution is -2.42. The molecule has 98 valence electrons.